The van der Waals surface area contributed by atoms with E-state index in [9.17, 15) is 0 Å². The molecule has 0 unspecified atom stereocenters. The van der Waals surface area contributed by atoms with Gasteiger partial charge in [0, 0.05) is 0 Å². The number of hydrogen-bond donors (Lipinski definition) is 1. The summed E-state index contributed by atoms with van der Waals surface area (Å²) in [5, 5.41) is 8.67. The van der Waals surface area contributed by atoms with Crippen LogP contribution < -0.4 is 34.8 Å². The SMILES string of the molecule is NC(=O)[O-].[IH2+]. The molecule has 0 radical (unpaired) electrons. The second-order valence-electron chi connectivity index (χ2n) is 0.319. The maximum atomic E-state index is 8.67. The highest BCUT2D eigenvalue weighted by Crippen LogP contribution is 1.23. The van der Waals surface area contributed by atoms with Crippen LogP contribution in [0.1, 0.15) is 0 Å². The van der Waals surface area contributed by atoms with Crippen molar-refractivity contribution >= 4 is 6.09 Å². The van der Waals surface area contributed by atoms with E-state index in [1.165, 1.54) is 0 Å². The van der Waals surface area contributed by atoms with Gasteiger partial charge in [0.25, 0.3) is 0 Å². The van der Waals surface area contributed by atoms with Gasteiger partial charge in [0.2, 0.25) is 24.0 Å². The van der Waals surface area contributed by atoms with Gasteiger partial charge in [-0.2, -0.15) is 0 Å². The van der Waals surface area contributed by atoms with Crippen molar-refractivity contribution in [2.75, 3.05) is 0 Å². The lowest BCUT2D eigenvalue weighted by atomic mass is 11.3. The minimum absolute atomic E-state index is 0. The number of primary amides is 1. The highest BCUT2D eigenvalue weighted by atomic mass is 127. The van der Waals surface area contributed by atoms with Crippen molar-refractivity contribution in [3.05, 3.63) is 0 Å². The van der Waals surface area contributed by atoms with Gasteiger partial charge >= 0.3 is 0 Å². The third-order valence-electron chi connectivity index (χ3n) is 0. The minimum Gasteiger partial charge on any atom is -0.530 e. The van der Waals surface area contributed by atoms with Crippen LogP contribution in [0.4, 0.5) is 4.79 Å². The molecule has 0 bridgehead atoms. The van der Waals surface area contributed by atoms with E-state index in [0.717, 1.165) is 0 Å². The average molecular weight is 189 g/mol. The Hall–Kier alpha value is 0. The summed E-state index contributed by atoms with van der Waals surface area (Å²) < 4.78 is 0. The molecule has 4 heteroatoms. The van der Waals surface area contributed by atoms with Crippen LogP contribution in [0.5, 0.6) is 0 Å². The molecule has 1 amide bonds. The molecule has 0 saturated carbocycles. The molecule has 0 spiro atoms. The summed E-state index contributed by atoms with van der Waals surface area (Å²) in [6.07, 6.45) is -1.58. The van der Waals surface area contributed by atoms with E-state index in [1.807, 2.05) is 0 Å². The van der Waals surface area contributed by atoms with Gasteiger partial charge in [-0.25, -0.2) is 0 Å². The lowest BCUT2D eigenvalue weighted by Gasteiger charge is -1.78. The number of nitrogens with two attached hydrogens (primary N) is 1. The molecule has 0 aliphatic carbocycles. The maximum absolute atomic E-state index is 8.67. The Morgan fingerprint density at radius 1 is 1.80 bits per heavy atom. The van der Waals surface area contributed by atoms with Gasteiger partial charge in [-0.15, -0.1) is 0 Å². The molecule has 2 N–H and O–H groups in total. The number of hydrogen-bond acceptors (Lipinski definition) is 2. The van der Waals surface area contributed by atoms with Crippen molar-refractivity contribution in [3.63, 3.8) is 0 Å². The van der Waals surface area contributed by atoms with E-state index in [2.05, 4.69) is 5.73 Å². The molecule has 0 heterocycles. The number of carboxylic acid groups (broad SMARTS) is 1. The summed E-state index contributed by atoms with van der Waals surface area (Å²) in [5.74, 6) is 0. The van der Waals surface area contributed by atoms with Gasteiger partial charge in [0.15, 0.2) is 0 Å². The number of carbonyl (C=O) groups excluding carboxylic acids is 1. The van der Waals surface area contributed by atoms with Crippen LogP contribution in [0.25, 0.3) is 0 Å². The van der Waals surface area contributed by atoms with Gasteiger partial charge in [0.1, 0.15) is 6.09 Å². The zero-order chi connectivity index (χ0) is 3.58. The Morgan fingerprint density at radius 2 is 1.80 bits per heavy atom. The molecule has 0 atom stereocenters. The molecule has 0 saturated heterocycles. The molecular formula is CH4INO2. The normalized spacial score (nSPS) is 4.80. The fourth-order valence-electron chi connectivity index (χ4n) is 0. The molecule has 0 fully saturated rings. The van der Waals surface area contributed by atoms with Crippen molar-refractivity contribution in [1.29, 1.82) is 0 Å². The molecule has 0 rings (SSSR count). The highest BCUT2D eigenvalue weighted by molar-refractivity contribution is 5.58. The third-order valence-corrected chi connectivity index (χ3v) is 0. The quantitative estimate of drug-likeness (QED) is 0.387. The van der Waals surface area contributed by atoms with Gasteiger partial charge in [0.05, 0.1) is 0 Å². The van der Waals surface area contributed by atoms with Crippen LogP contribution in [0, 0.1) is 0 Å². The molecule has 5 heavy (non-hydrogen) atoms. The number of carbonyl (C=O) groups is 1. The first kappa shape index (κ1) is 8.89. The van der Waals surface area contributed by atoms with Gasteiger partial charge in [-0.1, -0.05) is 0 Å². The van der Waals surface area contributed by atoms with Gasteiger partial charge < -0.3 is 15.6 Å². The van der Waals surface area contributed by atoms with Crippen molar-refractivity contribution in [2.45, 2.75) is 0 Å². The van der Waals surface area contributed by atoms with Crippen LogP contribution in [-0.2, 0) is 0 Å². The van der Waals surface area contributed by atoms with E-state index in [0.29, 0.717) is 0 Å². The maximum Gasteiger partial charge on any atom is 0.235 e. The summed E-state index contributed by atoms with van der Waals surface area (Å²) in [6, 6.07) is 0. The lowest BCUT2D eigenvalue weighted by molar-refractivity contribution is -0.245. The van der Waals surface area contributed by atoms with E-state index >= 15 is 0 Å². The third kappa shape index (κ3) is 0. The molecular weight excluding hydrogens is 185 g/mol. The molecule has 32 valence electrons. The first-order valence-corrected chi connectivity index (χ1v) is 0.697. The van der Waals surface area contributed by atoms with Crippen LogP contribution in [0.15, 0.2) is 0 Å². The number of rotatable bonds is 0. The largest absolute Gasteiger partial charge is 0.530 e. The van der Waals surface area contributed by atoms with Gasteiger partial charge in [-0.3, -0.25) is 0 Å². The second kappa shape index (κ2) is 4.00. The Kier molecular flexibility index (Phi) is 7.11. The van der Waals surface area contributed by atoms with E-state index in [-0.39, 0.29) is 24.0 Å². The minimum atomic E-state index is -1.58. The average Bonchev–Trinajstić information content (AvgIpc) is 0.811. The van der Waals surface area contributed by atoms with E-state index in [1.54, 1.807) is 0 Å². The second-order valence-corrected chi connectivity index (χ2v) is 0.319. The monoisotopic (exact) mass is 189 g/mol. The Labute approximate surface area is 46.2 Å². The first-order valence-electron chi connectivity index (χ1n) is 0.697. The van der Waals surface area contributed by atoms with Gasteiger partial charge in [-0.05, 0) is 0 Å². The van der Waals surface area contributed by atoms with Crippen LogP contribution in [-0.4, -0.2) is 6.09 Å². The van der Waals surface area contributed by atoms with Crippen LogP contribution >= 0.6 is 0 Å². The summed E-state index contributed by atoms with van der Waals surface area (Å²) >= 11 is 0. The Bertz CT molecular complexity index is 32.6. The predicted molar refractivity (Wildman–Crippen MR) is 12.4 cm³/mol. The summed E-state index contributed by atoms with van der Waals surface area (Å²) in [5.41, 5.74) is 3.92. The Balaban J connectivity index is 0. The van der Waals surface area contributed by atoms with E-state index < -0.39 is 6.09 Å². The predicted octanol–water partition coefficient (Wildman–Crippen LogP) is -5.24. The topological polar surface area (TPSA) is 66.2 Å². The molecule has 0 aliphatic heterocycles. The zero-order valence-electron chi connectivity index (χ0n) is 2.34. The molecule has 0 aromatic rings. The van der Waals surface area contributed by atoms with Crippen molar-refractivity contribution < 1.29 is 33.9 Å². The number of halogens is 1. The zero-order valence-corrected chi connectivity index (χ0v) is 4.89. The van der Waals surface area contributed by atoms with Crippen LogP contribution in [0.2, 0.25) is 0 Å². The highest BCUT2D eigenvalue weighted by Gasteiger charge is 1.44. The van der Waals surface area contributed by atoms with Crippen molar-refractivity contribution in [2.24, 2.45) is 5.73 Å². The summed E-state index contributed by atoms with van der Waals surface area (Å²) in [7, 11) is 0. The molecule has 0 aromatic carbocycles. The lowest BCUT2D eigenvalue weighted by Crippen LogP contribution is -3.00. The fraction of sp³-hybridized carbons (Fsp3) is 0. The summed E-state index contributed by atoms with van der Waals surface area (Å²) in [4.78, 5) is 8.67. The molecule has 0 aromatic heterocycles. The first-order chi connectivity index (χ1) is 1.73. The van der Waals surface area contributed by atoms with Crippen molar-refractivity contribution in [1.82, 2.24) is 0 Å². The van der Waals surface area contributed by atoms with Crippen LogP contribution in [0.3, 0.4) is 0 Å². The molecule has 3 nitrogen and oxygen atoms in total. The summed E-state index contributed by atoms with van der Waals surface area (Å²) in [6.45, 7) is 0. The van der Waals surface area contributed by atoms with E-state index in [4.69, 9.17) is 9.90 Å². The number of amides is 1. The standard InChI is InChI=1S/CH3NO2.H2I/c2-1(3)4;/h2H2,(H,3,4);1H2/q;+1/p-1. The van der Waals surface area contributed by atoms with Crippen molar-refractivity contribution in [3.8, 4) is 0 Å². The Morgan fingerprint density at radius 3 is 1.80 bits per heavy atom. The fourth-order valence-corrected chi connectivity index (χ4v) is 0. The molecule has 0 aliphatic rings. The smallest absolute Gasteiger partial charge is 0.235 e.